The van der Waals surface area contributed by atoms with Crippen molar-refractivity contribution in [1.82, 2.24) is 4.90 Å². The molecule has 1 rings (SSSR count). The third kappa shape index (κ3) is 6.03. The van der Waals surface area contributed by atoms with E-state index in [1.165, 1.54) is 0 Å². The maximum atomic E-state index is 11.5. The Labute approximate surface area is 104 Å². The molecule has 0 bridgehead atoms. The van der Waals surface area contributed by atoms with Crippen molar-refractivity contribution in [3.8, 4) is 0 Å². The van der Waals surface area contributed by atoms with Gasteiger partial charge in [0.2, 0.25) is 0 Å². The summed E-state index contributed by atoms with van der Waals surface area (Å²) in [4.78, 5) is 13.7. The van der Waals surface area contributed by atoms with Crippen molar-refractivity contribution in [3.05, 3.63) is 0 Å². The largest absolute Gasteiger partial charge is 0.464 e. The van der Waals surface area contributed by atoms with Crippen molar-refractivity contribution in [2.24, 2.45) is 0 Å². The van der Waals surface area contributed by atoms with Crippen LogP contribution in [0.2, 0.25) is 0 Å². The van der Waals surface area contributed by atoms with Crippen LogP contribution >= 0.6 is 0 Å². The van der Waals surface area contributed by atoms with Crippen LogP contribution in [0, 0.1) is 0 Å². The average Bonchev–Trinajstić information content (AvgIpc) is 2.85. The van der Waals surface area contributed by atoms with Crippen molar-refractivity contribution >= 4 is 5.97 Å². The molecule has 0 aromatic rings. The van der Waals surface area contributed by atoms with Crippen molar-refractivity contribution in [2.75, 3.05) is 32.8 Å². The summed E-state index contributed by atoms with van der Waals surface area (Å²) in [7, 11) is 0. The lowest BCUT2D eigenvalue weighted by Gasteiger charge is -2.17. The first kappa shape index (κ1) is 14.5. The number of hydrogen-bond donors (Lipinski definition) is 0. The highest BCUT2D eigenvalue weighted by Gasteiger charge is 2.17. The van der Waals surface area contributed by atoms with Crippen molar-refractivity contribution < 1.29 is 14.3 Å². The van der Waals surface area contributed by atoms with Crippen molar-refractivity contribution in [3.63, 3.8) is 0 Å². The number of rotatable bonds is 8. The molecule has 1 atom stereocenters. The van der Waals surface area contributed by atoms with Gasteiger partial charge in [-0.15, -0.1) is 0 Å². The minimum Gasteiger partial charge on any atom is -0.464 e. The second-order valence-electron chi connectivity index (χ2n) is 4.42. The Balaban J connectivity index is 2.00. The molecule has 0 radical (unpaired) electrons. The summed E-state index contributed by atoms with van der Waals surface area (Å²) in [5.41, 5.74) is 0. The van der Waals surface area contributed by atoms with E-state index in [2.05, 4.69) is 18.7 Å². The fourth-order valence-corrected chi connectivity index (χ4v) is 2.05. The van der Waals surface area contributed by atoms with Gasteiger partial charge in [-0.2, -0.15) is 0 Å². The number of ether oxygens (including phenoxy) is 2. The number of nitrogens with zero attached hydrogens (tertiary/aromatic N) is 1. The smallest absolute Gasteiger partial charge is 0.305 e. The number of likely N-dealkylation sites (N-methyl/N-ethyl adjacent to an activating group) is 1. The van der Waals surface area contributed by atoms with Gasteiger partial charge in [-0.25, -0.2) is 0 Å². The van der Waals surface area contributed by atoms with Crippen LogP contribution in [0.4, 0.5) is 0 Å². The molecule has 0 aromatic carbocycles. The number of carbonyl (C=O) groups is 1. The number of hydrogen-bond acceptors (Lipinski definition) is 4. The minimum absolute atomic E-state index is 0.0901. The van der Waals surface area contributed by atoms with Gasteiger partial charge in [0.1, 0.15) is 6.61 Å². The summed E-state index contributed by atoms with van der Waals surface area (Å²) >= 11 is 0. The molecule has 0 N–H and O–H groups in total. The van der Waals surface area contributed by atoms with Crippen LogP contribution in [0.3, 0.4) is 0 Å². The van der Waals surface area contributed by atoms with Crippen LogP contribution < -0.4 is 0 Å². The maximum absolute atomic E-state index is 11.5. The van der Waals surface area contributed by atoms with E-state index in [4.69, 9.17) is 9.47 Å². The summed E-state index contributed by atoms with van der Waals surface area (Å²) in [6.07, 6.45) is 3.80. The molecular weight excluding hydrogens is 218 g/mol. The van der Waals surface area contributed by atoms with E-state index in [1.807, 2.05) is 0 Å². The highest BCUT2D eigenvalue weighted by atomic mass is 16.5. The Morgan fingerprint density at radius 1 is 1.41 bits per heavy atom. The second kappa shape index (κ2) is 8.48. The average molecular weight is 243 g/mol. The van der Waals surface area contributed by atoms with Gasteiger partial charge in [0.15, 0.2) is 0 Å². The van der Waals surface area contributed by atoms with Gasteiger partial charge >= 0.3 is 5.97 Å². The molecule has 1 aliphatic heterocycles. The molecule has 17 heavy (non-hydrogen) atoms. The zero-order chi connectivity index (χ0) is 12.5. The molecular formula is C13H25NO3. The van der Waals surface area contributed by atoms with E-state index in [0.29, 0.717) is 13.0 Å². The molecule has 1 unspecified atom stereocenters. The Morgan fingerprint density at radius 3 is 2.76 bits per heavy atom. The molecule has 1 aliphatic rings. The summed E-state index contributed by atoms with van der Waals surface area (Å²) in [6, 6.07) is 0. The summed E-state index contributed by atoms with van der Waals surface area (Å²) in [6.45, 7) is 8.42. The van der Waals surface area contributed by atoms with Gasteiger partial charge < -0.3 is 14.4 Å². The Hall–Kier alpha value is -0.610. The third-order valence-electron chi connectivity index (χ3n) is 3.26. The van der Waals surface area contributed by atoms with Crippen LogP contribution in [0.25, 0.3) is 0 Å². The molecule has 4 nitrogen and oxygen atoms in total. The predicted octanol–water partition coefficient (Wildman–Crippen LogP) is 1.83. The van der Waals surface area contributed by atoms with Crippen LogP contribution in [0.15, 0.2) is 0 Å². The normalized spacial score (nSPS) is 19.8. The van der Waals surface area contributed by atoms with Crippen molar-refractivity contribution in [1.29, 1.82) is 0 Å². The monoisotopic (exact) mass is 243 g/mol. The molecule has 0 spiro atoms. The van der Waals surface area contributed by atoms with Crippen LogP contribution in [-0.4, -0.2) is 49.8 Å². The molecule has 0 amide bonds. The van der Waals surface area contributed by atoms with Gasteiger partial charge in [-0.05, 0) is 32.4 Å². The molecule has 100 valence electrons. The second-order valence-corrected chi connectivity index (χ2v) is 4.42. The lowest BCUT2D eigenvalue weighted by atomic mass is 10.1. The fraction of sp³-hybridized carbons (Fsp3) is 0.923. The molecule has 0 saturated carbocycles. The van der Waals surface area contributed by atoms with Crippen LogP contribution in [0.1, 0.15) is 39.5 Å². The van der Waals surface area contributed by atoms with E-state index in [1.54, 1.807) is 0 Å². The third-order valence-corrected chi connectivity index (χ3v) is 3.26. The molecule has 0 aromatic heterocycles. The fourth-order valence-electron chi connectivity index (χ4n) is 2.05. The van der Waals surface area contributed by atoms with Gasteiger partial charge in [0, 0.05) is 19.6 Å². The van der Waals surface area contributed by atoms with Crippen molar-refractivity contribution in [2.45, 2.75) is 45.6 Å². The topological polar surface area (TPSA) is 38.8 Å². The van der Waals surface area contributed by atoms with Gasteiger partial charge in [-0.3, -0.25) is 4.79 Å². The summed E-state index contributed by atoms with van der Waals surface area (Å²) < 4.78 is 10.7. The van der Waals surface area contributed by atoms with Crippen LogP contribution in [0.5, 0.6) is 0 Å². The maximum Gasteiger partial charge on any atom is 0.305 e. The highest BCUT2D eigenvalue weighted by Crippen LogP contribution is 2.16. The Morgan fingerprint density at radius 2 is 2.18 bits per heavy atom. The first-order valence-electron chi connectivity index (χ1n) is 6.75. The predicted molar refractivity (Wildman–Crippen MR) is 67.0 cm³/mol. The zero-order valence-corrected chi connectivity index (χ0v) is 11.1. The van der Waals surface area contributed by atoms with Crippen LogP contribution in [-0.2, 0) is 14.3 Å². The summed E-state index contributed by atoms with van der Waals surface area (Å²) in [5.74, 6) is -0.0901. The lowest BCUT2D eigenvalue weighted by molar-refractivity contribution is -0.144. The van der Waals surface area contributed by atoms with Gasteiger partial charge in [0.05, 0.1) is 6.10 Å². The van der Waals surface area contributed by atoms with E-state index in [9.17, 15) is 4.79 Å². The van der Waals surface area contributed by atoms with E-state index >= 15 is 0 Å². The van der Waals surface area contributed by atoms with E-state index in [0.717, 1.165) is 45.5 Å². The first-order chi connectivity index (χ1) is 8.26. The lowest BCUT2D eigenvalue weighted by Crippen LogP contribution is -2.28. The first-order valence-corrected chi connectivity index (χ1v) is 6.75. The minimum atomic E-state index is -0.0901. The molecule has 1 heterocycles. The highest BCUT2D eigenvalue weighted by molar-refractivity contribution is 5.69. The molecule has 4 heteroatoms. The summed E-state index contributed by atoms with van der Waals surface area (Å²) in [5, 5.41) is 0. The standard InChI is InChI=1S/C13H25NO3/c1-3-14(4-2)9-11-17-13(15)8-7-12-6-5-10-16-12/h12H,3-11H2,1-2H3. The molecule has 1 saturated heterocycles. The van der Waals surface area contributed by atoms with Gasteiger partial charge in [0.25, 0.3) is 0 Å². The van der Waals surface area contributed by atoms with E-state index in [-0.39, 0.29) is 12.1 Å². The molecule has 0 aliphatic carbocycles. The molecule has 1 fully saturated rings. The van der Waals surface area contributed by atoms with E-state index < -0.39 is 0 Å². The number of esters is 1. The SMILES string of the molecule is CCN(CC)CCOC(=O)CCC1CCCO1. The Bertz CT molecular complexity index is 211. The number of carbonyl (C=O) groups excluding carboxylic acids is 1. The zero-order valence-electron chi connectivity index (χ0n) is 11.1. The Kier molecular flexibility index (Phi) is 7.21. The van der Waals surface area contributed by atoms with Gasteiger partial charge in [-0.1, -0.05) is 13.8 Å². The quantitative estimate of drug-likeness (QED) is 0.610.